The van der Waals surface area contributed by atoms with Gasteiger partial charge in [0.2, 0.25) is 0 Å². The number of carboxylic acids is 1. The van der Waals surface area contributed by atoms with Crippen molar-refractivity contribution in [2.45, 2.75) is 18.8 Å². The fourth-order valence-corrected chi connectivity index (χ4v) is 4.18. The van der Waals surface area contributed by atoms with E-state index in [4.69, 9.17) is 30.5 Å². The van der Waals surface area contributed by atoms with Crippen molar-refractivity contribution in [1.29, 1.82) is 0 Å². The van der Waals surface area contributed by atoms with E-state index in [0.717, 1.165) is 5.56 Å². The van der Waals surface area contributed by atoms with Crippen LogP contribution in [0.1, 0.15) is 33.8 Å². The van der Waals surface area contributed by atoms with Crippen molar-refractivity contribution in [1.82, 2.24) is 5.32 Å². The van der Waals surface area contributed by atoms with Gasteiger partial charge in [0.25, 0.3) is 5.91 Å². The zero-order valence-electron chi connectivity index (χ0n) is 20.8. The van der Waals surface area contributed by atoms with Gasteiger partial charge in [0.15, 0.2) is 11.5 Å². The minimum atomic E-state index is -1.16. The van der Waals surface area contributed by atoms with E-state index in [1.165, 1.54) is 6.07 Å². The number of rotatable bonds is 9. The summed E-state index contributed by atoms with van der Waals surface area (Å²) in [7, 11) is 3.16. The van der Waals surface area contributed by atoms with Gasteiger partial charge in [-0.05, 0) is 60.9 Å². The van der Waals surface area contributed by atoms with Gasteiger partial charge in [-0.1, -0.05) is 17.7 Å². The topological polar surface area (TPSA) is 106 Å². The summed E-state index contributed by atoms with van der Waals surface area (Å²) in [5, 5.41) is 14.5. The molecule has 1 heterocycles. The molecule has 1 atom stereocenters. The Morgan fingerprint density at radius 2 is 1.76 bits per heavy atom. The number of nitrogens with one attached hydrogen (secondary N) is 1. The number of carbonyl (C=O) groups is 2. The molecule has 0 radical (unpaired) electrons. The third kappa shape index (κ3) is 6.90. The summed E-state index contributed by atoms with van der Waals surface area (Å²) >= 11 is 6.33. The number of hydrogen-bond acceptors (Lipinski definition) is 7. The smallest absolute Gasteiger partial charge is 0.549 e. The summed E-state index contributed by atoms with van der Waals surface area (Å²) in [6.45, 7) is 0.715. The van der Waals surface area contributed by atoms with Gasteiger partial charge >= 0.3 is 29.6 Å². The van der Waals surface area contributed by atoms with E-state index in [2.05, 4.69) is 5.32 Å². The van der Waals surface area contributed by atoms with E-state index < -0.39 is 11.9 Å². The maximum atomic E-state index is 12.5. The van der Waals surface area contributed by atoms with Crippen molar-refractivity contribution in [2.75, 3.05) is 27.4 Å². The molecule has 0 saturated carbocycles. The van der Waals surface area contributed by atoms with E-state index >= 15 is 0 Å². The first kappa shape index (κ1) is 28.7. The number of methoxy groups -OCH3 is 2. The monoisotopic (exact) mass is 533 g/mol. The van der Waals surface area contributed by atoms with Gasteiger partial charge in [0, 0.05) is 35.6 Å². The quantitative estimate of drug-likeness (QED) is 0.404. The van der Waals surface area contributed by atoms with E-state index in [1.54, 1.807) is 44.6 Å². The number of aliphatic carboxylic acids is 1. The van der Waals surface area contributed by atoms with Gasteiger partial charge < -0.3 is 34.2 Å². The first-order chi connectivity index (χ1) is 17.4. The second-order valence-electron chi connectivity index (χ2n) is 8.15. The van der Waals surface area contributed by atoms with E-state index in [9.17, 15) is 14.7 Å². The van der Waals surface area contributed by atoms with Gasteiger partial charge in [-0.2, -0.15) is 0 Å². The van der Waals surface area contributed by atoms with Crippen molar-refractivity contribution in [3.05, 3.63) is 76.3 Å². The van der Waals surface area contributed by atoms with Gasteiger partial charge in [-0.15, -0.1) is 0 Å². The molecule has 0 aliphatic carbocycles. The van der Waals surface area contributed by atoms with Gasteiger partial charge in [-0.3, -0.25) is 4.79 Å². The molecule has 1 aliphatic heterocycles. The van der Waals surface area contributed by atoms with Crippen LogP contribution in [0.3, 0.4) is 0 Å². The Balaban J connectivity index is 0.00000380. The Labute approximate surface area is 242 Å². The number of ether oxygens (including phenoxy) is 4. The molecule has 0 aromatic heterocycles. The maximum absolute atomic E-state index is 12.5. The third-order valence-corrected chi connectivity index (χ3v) is 6.18. The van der Waals surface area contributed by atoms with Crippen LogP contribution in [-0.2, 0) is 11.2 Å². The summed E-state index contributed by atoms with van der Waals surface area (Å²) in [5.74, 6) is 0.329. The molecule has 0 fully saturated rings. The molecule has 1 amide bonds. The largest absolute Gasteiger partial charge is 1.00 e. The minimum absolute atomic E-state index is 0. The molecule has 188 valence electrons. The number of benzene rings is 3. The van der Waals surface area contributed by atoms with Gasteiger partial charge in [0.05, 0.1) is 25.8 Å². The predicted molar refractivity (Wildman–Crippen MR) is 131 cm³/mol. The van der Waals surface area contributed by atoms with Crippen molar-refractivity contribution in [3.63, 3.8) is 0 Å². The number of fused-ring (bicyclic) bond motifs is 1. The molecule has 0 bridgehead atoms. The Bertz CT molecular complexity index is 1270. The van der Waals surface area contributed by atoms with Crippen LogP contribution in [0.4, 0.5) is 0 Å². The summed E-state index contributed by atoms with van der Waals surface area (Å²) in [4.78, 5) is 23.9. The summed E-state index contributed by atoms with van der Waals surface area (Å²) in [6.07, 6.45) is 0.953. The fourth-order valence-electron chi connectivity index (χ4n) is 3.97. The summed E-state index contributed by atoms with van der Waals surface area (Å²) in [5.41, 5.74) is 1.96. The Hall–Kier alpha value is -2.91. The standard InChI is InChI=1S/C27H26ClNO7.Na/c1-33-22-8-3-16(13-25(22)34-2)9-11-29-26(30)17-4-6-18(7-5-17)36-24-15-23-20(14-21(24)28)19(27(31)32)10-12-35-23;/h3-8,13-15,19H,9-12H2,1-2H3,(H,29,30)(H,31,32);/q;+1/p-1. The van der Waals surface area contributed by atoms with Crippen LogP contribution in [0.2, 0.25) is 5.02 Å². The van der Waals surface area contributed by atoms with Crippen LogP contribution in [-0.4, -0.2) is 39.2 Å². The Morgan fingerprint density at radius 1 is 1.03 bits per heavy atom. The SMILES string of the molecule is COc1ccc(CCNC(=O)c2ccc(Oc3cc4c(cc3Cl)C(C(=O)[O-])CCO4)cc2)cc1OC.[Na+]. The molecule has 1 unspecified atom stereocenters. The normalized spacial score (nSPS) is 13.9. The molecule has 3 aromatic carbocycles. The predicted octanol–water partition coefficient (Wildman–Crippen LogP) is 0.742. The zero-order valence-corrected chi connectivity index (χ0v) is 23.6. The molecule has 0 saturated heterocycles. The Kier molecular flexibility index (Phi) is 10.1. The van der Waals surface area contributed by atoms with Crippen LogP contribution in [0, 0.1) is 0 Å². The molecule has 3 aromatic rings. The minimum Gasteiger partial charge on any atom is -0.549 e. The molecule has 4 rings (SSSR count). The van der Waals surface area contributed by atoms with E-state index in [1.807, 2.05) is 18.2 Å². The molecule has 0 spiro atoms. The van der Waals surface area contributed by atoms with Crippen LogP contribution in [0.25, 0.3) is 0 Å². The van der Waals surface area contributed by atoms with Crippen LogP contribution < -0.4 is 58.9 Å². The van der Waals surface area contributed by atoms with Crippen molar-refractivity contribution >= 4 is 23.5 Å². The molecular weight excluding hydrogens is 509 g/mol. The summed E-state index contributed by atoms with van der Waals surface area (Å²) in [6, 6.07) is 15.4. The average Bonchev–Trinajstić information content (AvgIpc) is 2.89. The molecule has 37 heavy (non-hydrogen) atoms. The molecule has 1 aliphatic rings. The maximum Gasteiger partial charge on any atom is 1.00 e. The van der Waals surface area contributed by atoms with Crippen LogP contribution in [0.5, 0.6) is 28.7 Å². The first-order valence-corrected chi connectivity index (χ1v) is 11.7. The van der Waals surface area contributed by atoms with Crippen LogP contribution in [0.15, 0.2) is 54.6 Å². The van der Waals surface area contributed by atoms with Crippen molar-refractivity contribution < 1.29 is 63.2 Å². The van der Waals surface area contributed by atoms with Crippen molar-refractivity contribution in [3.8, 4) is 28.7 Å². The van der Waals surface area contributed by atoms with Gasteiger partial charge in [0.1, 0.15) is 17.2 Å². The molecule has 1 N–H and O–H groups in total. The Morgan fingerprint density at radius 3 is 2.43 bits per heavy atom. The molecular formula is C27H25ClNNaO7. The first-order valence-electron chi connectivity index (χ1n) is 11.3. The van der Waals surface area contributed by atoms with Crippen LogP contribution >= 0.6 is 11.6 Å². The molecule has 10 heteroatoms. The zero-order chi connectivity index (χ0) is 25.7. The number of hydrogen-bond donors (Lipinski definition) is 1. The number of carbonyl (C=O) groups excluding carboxylic acids is 2. The number of amides is 1. The number of halogens is 1. The van der Waals surface area contributed by atoms with E-state index in [0.29, 0.717) is 59.3 Å². The average molecular weight is 534 g/mol. The third-order valence-electron chi connectivity index (χ3n) is 5.88. The fraction of sp³-hybridized carbons (Fsp3) is 0.259. The van der Waals surface area contributed by atoms with Gasteiger partial charge in [-0.25, -0.2) is 0 Å². The van der Waals surface area contributed by atoms with E-state index in [-0.39, 0.29) is 47.1 Å². The summed E-state index contributed by atoms with van der Waals surface area (Å²) < 4.78 is 22.0. The number of carboxylic acid groups (broad SMARTS) is 1. The van der Waals surface area contributed by atoms with Crippen molar-refractivity contribution in [2.24, 2.45) is 0 Å². The second-order valence-corrected chi connectivity index (χ2v) is 8.56. The second kappa shape index (κ2) is 13.1. The molecule has 8 nitrogen and oxygen atoms in total.